The second-order valence-electron chi connectivity index (χ2n) is 4.32. The molecule has 4 nitrogen and oxygen atoms in total. The van der Waals surface area contributed by atoms with Crippen molar-refractivity contribution in [2.75, 3.05) is 18.1 Å². The van der Waals surface area contributed by atoms with Crippen LogP contribution in [0.25, 0.3) is 0 Å². The average molecular weight is 221 g/mol. The van der Waals surface area contributed by atoms with E-state index < -0.39 is 0 Å². The Hall–Kier alpha value is -1.16. The number of hydrogen-bond donors (Lipinski definition) is 1. The Morgan fingerprint density at radius 3 is 3.12 bits per heavy atom. The minimum absolute atomic E-state index is 0.255. The van der Waals surface area contributed by atoms with Gasteiger partial charge in [0.25, 0.3) is 0 Å². The Morgan fingerprint density at radius 1 is 1.50 bits per heavy atom. The lowest BCUT2D eigenvalue weighted by atomic mass is 10.00. The molecule has 1 atom stereocenters. The highest BCUT2D eigenvalue weighted by Gasteiger charge is 2.22. The lowest BCUT2D eigenvalue weighted by molar-refractivity contribution is 0.262. The van der Waals surface area contributed by atoms with Crippen LogP contribution in [-0.4, -0.2) is 34.3 Å². The summed E-state index contributed by atoms with van der Waals surface area (Å²) in [4.78, 5) is 10.9. The highest BCUT2D eigenvalue weighted by molar-refractivity contribution is 5.39. The van der Waals surface area contributed by atoms with E-state index in [1.165, 1.54) is 12.8 Å². The highest BCUT2D eigenvalue weighted by atomic mass is 16.3. The molecule has 1 unspecified atom stereocenters. The molecule has 0 amide bonds. The third-order valence-electron chi connectivity index (χ3n) is 3.15. The molecule has 0 aromatic carbocycles. The smallest absolute Gasteiger partial charge is 0.132 e. The van der Waals surface area contributed by atoms with Gasteiger partial charge in [0, 0.05) is 25.4 Å². The summed E-state index contributed by atoms with van der Waals surface area (Å²) >= 11 is 0. The first kappa shape index (κ1) is 11.3. The van der Waals surface area contributed by atoms with E-state index in [0.717, 1.165) is 31.0 Å². The summed E-state index contributed by atoms with van der Waals surface area (Å²) < 4.78 is 0. The van der Waals surface area contributed by atoms with E-state index in [0.29, 0.717) is 6.04 Å². The zero-order valence-corrected chi connectivity index (χ0v) is 9.76. The van der Waals surface area contributed by atoms with Gasteiger partial charge in [-0.25, -0.2) is 9.97 Å². The van der Waals surface area contributed by atoms with E-state index >= 15 is 0 Å². The van der Waals surface area contributed by atoms with Gasteiger partial charge in [-0.2, -0.15) is 0 Å². The van der Waals surface area contributed by atoms with Gasteiger partial charge in [-0.1, -0.05) is 0 Å². The van der Waals surface area contributed by atoms with E-state index in [1.54, 1.807) is 0 Å². The molecule has 0 spiro atoms. The van der Waals surface area contributed by atoms with Gasteiger partial charge in [0.15, 0.2) is 0 Å². The predicted molar refractivity (Wildman–Crippen MR) is 63.5 cm³/mol. The molecular formula is C12H19N3O. The maximum atomic E-state index is 9.08. The Kier molecular flexibility index (Phi) is 3.72. The van der Waals surface area contributed by atoms with Crippen molar-refractivity contribution >= 4 is 5.82 Å². The maximum absolute atomic E-state index is 9.08. The average Bonchev–Trinajstić information content (AvgIpc) is 2.30. The molecule has 0 aliphatic carbocycles. The van der Waals surface area contributed by atoms with Crippen molar-refractivity contribution in [3.8, 4) is 0 Å². The summed E-state index contributed by atoms with van der Waals surface area (Å²) in [6, 6.07) is 2.40. The lowest BCUT2D eigenvalue weighted by Gasteiger charge is -2.36. The van der Waals surface area contributed by atoms with Crippen LogP contribution in [0, 0.1) is 6.92 Å². The molecule has 16 heavy (non-hydrogen) atoms. The van der Waals surface area contributed by atoms with E-state index in [4.69, 9.17) is 5.11 Å². The minimum Gasteiger partial charge on any atom is -0.396 e. The molecule has 1 saturated heterocycles. The Morgan fingerprint density at radius 2 is 2.38 bits per heavy atom. The molecule has 2 heterocycles. The SMILES string of the molecule is Cc1nccc(N2CCCCC2CCO)n1. The Bertz CT molecular complexity index is 341. The van der Waals surface area contributed by atoms with Crippen LogP contribution in [0.2, 0.25) is 0 Å². The van der Waals surface area contributed by atoms with Gasteiger partial charge in [0.05, 0.1) is 0 Å². The van der Waals surface area contributed by atoms with Crippen molar-refractivity contribution in [3.05, 3.63) is 18.1 Å². The number of rotatable bonds is 3. The number of aromatic nitrogens is 2. The molecule has 0 radical (unpaired) electrons. The largest absolute Gasteiger partial charge is 0.396 e. The summed E-state index contributed by atoms with van der Waals surface area (Å²) in [6.45, 7) is 3.21. The normalized spacial score (nSPS) is 21.1. The van der Waals surface area contributed by atoms with Gasteiger partial charge in [0.2, 0.25) is 0 Å². The summed E-state index contributed by atoms with van der Waals surface area (Å²) in [5, 5.41) is 9.08. The number of anilines is 1. The second-order valence-corrected chi connectivity index (χ2v) is 4.32. The molecule has 4 heteroatoms. The third-order valence-corrected chi connectivity index (χ3v) is 3.15. The van der Waals surface area contributed by atoms with Crippen LogP contribution in [0.1, 0.15) is 31.5 Å². The quantitative estimate of drug-likeness (QED) is 0.841. The van der Waals surface area contributed by atoms with Gasteiger partial charge in [0.1, 0.15) is 11.6 Å². The van der Waals surface area contributed by atoms with E-state index in [-0.39, 0.29) is 6.61 Å². The van der Waals surface area contributed by atoms with Crippen LogP contribution in [0.5, 0.6) is 0 Å². The van der Waals surface area contributed by atoms with E-state index in [9.17, 15) is 0 Å². The molecular weight excluding hydrogens is 202 g/mol. The monoisotopic (exact) mass is 221 g/mol. The number of nitrogens with zero attached hydrogens (tertiary/aromatic N) is 3. The zero-order chi connectivity index (χ0) is 11.4. The summed E-state index contributed by atoms with van der Waals surface area (Å²) in [7, 11) is 0. The van der Waals surface area contributed by atoms with Crippen molar-refractivity contribution in [2.24, 2.45) is 0 Å². The van der Waals surface area contributed by atoms with Crippen LogP contribution in [-0.2, 0) is 0 Å². The number of aliphatic hydroxyl groups excluding tert-OH is 1. The van der Waals surface area contributed by atoms with Crippen molar-refractivity contribution in [1.29, 1.82) is 0 Å². The standard InChI is InChI=1S/C12H19N3O/c1-10-13-7-5-12(14-10)15-8-3-2-4-11(15)6-9-16/h5,7,11,16H,2-4,6,8-9H2,1H3. The molecule has 1 fully saturated rings. The summed E-state index contributed by atoms with van der Waals surface area (Å²) in [5.74, 6) is 1.82. The van der Waals surface area contributed by atoms with Gasteiger partial charge in [-0.05, 0) is 38.7 Å². The summed E-state index contributed by atoms with van der Waals surface area (Å²) in [5.41, 5.74) is 0. The van der Waals surface area contributed by atoms with Crippen LogP contribution in [0.3, 0.4) is 0 Å². The van der Waals surface area contributed by atoms with Crippen molar-refractivity contribution in [2.45, 2.75) is 38.6 Å². The van der Waals surface area contributed by atoms with Crippen LogP contribution >= 0.6 is 0 Å². The summed E-state index contributed by atoms with van der Waals surface area (Å²) in [6.07, 6.45) is 6.27. The first-order chi connectivity index (χ1) is 7.81. The molecule has 1 aromatic heterocycles. The second kappa shape index (κ2) is 5.25. The van der Waals surface area contributed by atoms with Gasteiger partial charge < -0.3 is 10.0 Å². The molecule has 0 bridgehead atoms. The predicted octanol–water partition coefficient (Wildman–Crippen LogP) is 1.53. The highest BCUT2D eigenvalue weighted by Crippen LogP contribution is 2.24. The van der Waals surface area contributed by atoms with Crippen molar-refractivity contribution in [3.63, 3.8) is 0 Å². The Labute approximate surface area is 96.3 Å². The van der Waals surface area contributed by atoms with Gasteiger partial charge in [-0.15, -0.1) is 0 Å². The first-order valence-corrected chi connectivity index (χ1v) is 5.98. The fourth-order valence-corrected chi connectivity index (χ4v) is 2.36. The third kappa shape index (κ3) is 2.50. The van der Waals surface area contributed by atoms with Crippen LogP contribution in [0.15, 0.2) is 12.3 Å². The Balaban J connectivity index is 2.16. The molecule has 2 rings (SSSR count). The zero-order valence-electron chi connectivity index (χ0n) is 9.76. The molecule has 1 aliphatic rings. The van der Waals surface area contributed by atoms with Gasteiger partial charge >= 0.3 is 0 Å². The lowest BCUT2D eigenvalue weighted by Crippen LogP contribution is -2.40. The number of piperidine rings is 1. The molecule has 1 aromatic rings. The van der Waals surface area contributed by atoms with E-state index in [2.05, 4.69) is 14.9 Å². The number of hydrogen-bond acceptors (Lipinski definition) is 4. The molecule has 88 valence electrons. The number of aryl methyl sites for hydroxylation is 1. The fraction of sp³-hybridized carbons (Fsp3) is 0.667. The topological polar surface area (TPSA) is 49.2 Å². The molecule has 0 saturated carbocycles. The number of aliphatic hydroxyl groups is 1. The minimum atomic E-state index is 0.255. The maximum Gasteiger partial charge on any atom is 0.132 e. The first-order valence-electron chi connectivity index (χ1n) is 5.98. The molecule has 1 N–H and O–H groups in total. The fourth-order valence-electron chi connectivity index (χ4n) is 2.36. The van der Waals surface area contributed by atoms with Crippen molar-refractivity contribution < 1.29 is 5.11 Å². The van der Waals surface area contributed by atoms with E-state index in [1.807, 2.05) is 19.2 Å². The van der Waals surface area contributed by atoms with Crippen molar-refractivity contribution in [1.82, 2.24) is 9.97 Å². The van der Waals surface area contributed by atoms with Gasteiger partial charge in [-0.3, -0.25) is 0 Å². The van der Waals surface area contributed by atoms with Crippen LogP contribution < -0.4 is 4.90 Å². The molecule has 1 aliphatic heterocycles. The van der Waals surface area contributed by atoms with Crippen LogP contribution in [0.4, 0.5) is 5.82 Å².